The molecule has 1 rings (SSSR count). The van der Waals surface area contributed by atoms with Gasteiger partial charge in [-0.3, -0.25) is 14.4 Å². The van der Waals surface area contributed by atoms with Crippen LogP contribution in [0.1, 0.15) is 98.6 Å². The number of amides is 3. The average Bonchev–Trinajstić information content (AvgIpc) is 2.87. The van der Waals surface area contributed by atoms with Gasteiger partial charge in [0, 0.05) is 13.1 Å². The predicted molar refractivity (Wildman–Crippen MR) is 154 cm³/mol. The Balaban J connectivity index is 3.45. The molecular weight excluding hydrogens is 514 g/mol. The number of hydrogen-bond acceptors (Lipinski definition) is 7. The summed E-state index contributed by atoms with van der Waals surface area (Å²) in [4.78, 5) is 53.9. The molecule has 1 aromatic carbocycles. The van der Waals surface area contributed by atoms with Crippen molar-refractivity contribution < 1.29 is 33.8 Å². The predicted octanol–water partition coefficient (Wildman–Crippen LogP) is 4.85. The van der Waals surface area contributed by atoms with Crippen molar-refractivity contribution in [3.05, 3.63) is 29.8 Å². The number of esters is 1. The van der Waals surface area contributed by atoms with Gasteiger partial charge in [-0.25, -0.2) is 4.79 Å². The number of alkyl carbamates (subject to hydrolysis) is 1. The first-order chi connectivity index (χ1) is 18.8. The molecule has 0 bridgehead atoms. The number of ether oxygens (including phenoxy) is 2. The largest absolute Gasteiger partial charge is 0.508 e. The Morgan fingerprint density at radius 1 is 1.05 bits per heavy atom. The minimum absolute atomic E-state index is 0.0213. The Bertz CT molecular complexity index is 961. The molecule has 10 heteroatoms. The third-order valence-electron chi connectivity index (χ3n) is 6.37. The molecule has 0 radical (unpaired) electrons. The SMILES string of the molecule is CCCCCCN(C(=O)C(NC(=O)OC(C)(C)C)C(C)CC)C(C(=O)NCCC(=O)OCC)c1cccc(O)c1. The van der Waals surface area contributed by atoms with E-state index in [4.69, 9.17) is 9.47 Å². The number of aromatic hydroxyl groups is 1. The lowest BCUT2D eigenvalue weighted by Crippen LogP contribution is -2.55. The van der Waals surface area contributed by atoms with Gasteiger partial charge in [-0.1, -0.05) is 58.6 Å². The molecule has 3 N–H and O–H groups in total. The zero-order chi connectivity index (χ0) is 30.3. The van der Waals surface area contributed by atoms with E-state index in [9.17, 15) is 24.3 Å². The maximum atomic E-state index is 14.2. The monoisotopic (exact) mass is 563 g/mol. The van der Waals surface area contributed by atoms with E-state index < -0.39 is 41.6 Å². The lowest BCUT2D eigenvalue weighted by atomic mass is 9.95. The molecule has 3 amide bonds. The number of nitrogens with one attached hydrogen (secondary N) is 2. The van der Waals surface area contributed by atoms with Crippen LogP contribution in [0.3, 0.4) is 0 Å². The van der Waals surface area contributed by atoms with Crippen molar-refractivity contribution in [3.63, 3.8) is 0 Å². The molecule has 0 heterocycles. The highest BCUT2D eigenvalue weighted by molar-refractivity contribution is 5.92. The lowest BCUT2D eigenvalue weighted by molar-refractivity contribution is -0.145. The molecule has 10 nitrogen and oxygen atoms in total. The number of carbonyl (C=O) groups excluding carboxylic acids is 4. The Labute approximate surface area is 239 Å². The highest BCUT2D eigenvalue weighted by Crippen LogP contribution is 2.27. The van der Waals surface area contributed by atoms with Crippen LogP contribution in [-0.2, 0) is 23.9 Å². The summed E-state index contributed by atoms with van der Waals surface area (Å²) in [6.07, 6.45) is 3.31. The Kier molecular flexibility index (Phi) is 15.1. The van der Waals surface area contributed by atoms with E-state index in [0.29, 0.717) is 18.4 Å². The van der Waals surface area contributed by atoms with E-state index in [-0.39, 0.29) is 37.8 Å². The molecule has 3 atom stereocenters. The van der Waals surface area contributed by atoms with Crippen molar-refractivity contribution in [2.75, 3.05) is 19.7 Å². The van der Waals surface area contributed by atoms with Crippen LogP contribution < -0.4 is 10.6 Å². The van der Waals surface area contributed by atoms with Gasteiger partial charge in [-0.05, 0) is 57.7 Å². The van der Waals surface area contributed by atoms with E-state index in [1.54, 1.807) is 39.8 Å². The number of benzene rings is 1. The fourth-order valence-corrected chi connectivity index (χ4v) is 4.16. The third kappa shape index (κ3) is 12.3. The van der Waals surface area contributed by atoms with Gasteiger partial charge < -0.3 is 30.1 Å². The number of carbonyl (C=O) groups is 4. The molecule has 0 aliphatic rings. The van der Waals surface area contributed by atoms with Crippen LogP contribution in [-0.4, -0.2) is 65.2 Å². The molecule has 226 valence electrons. The zero-order valence-corrected chi connectivity index (χ0v) is 25.2. The number of phenols is 1. The number of nitrogens with zero attached hydrogens (tertiary/aromatic N) is 1. The van der Waals surface area contributed by atoms with Crippen LogP contribution in [0.5, 0.6) is 5.75 Å². The first-order valence-corrected chi connectivity index (χ1v) is 14.4. The molecule has 40 heavy (non-hydrogen) atoms. The molecule has 0 aliphatic heterocycles. The maximum Gasteiger partial charge on any atom is 0.408 e. The summed E-state index contributed by atoms with van der Waals surface area (Å²) >= 11 is 0. The van der Waals surface area contributed by atoms with Gasteiger partial charge in [0.25, 0.3) is 0 Å². The molecule has 0 spiro atoms. The number of phenolic OH excluding ortho intramolecular Hbond substituents is 1. The van der Waals surface area contributed by atoms with E-state index in [2.05, 4.69) is 17.6 Å². The van der Waals surface area contributed by atoms with Crippen molar-refractivity contribution in [1.82, 2.24) is 15.5 Å². The van der Waals surface area contributed by atoms with E-state index >= 15 is 0 Å². The lowest BCUT2D eigenvalue weighted by Gasteiger charge is -2.36. The van der Waals surface area contributed by atoms with Gasteiger partial charge >= 0.3 is 12.1 Å². The topological polar surface area (TPSA) is 134 Å². The molecule has 0 aromatic heterocycles. The van der Waals surface area contributed by atoms with Crippen LogP contribution in [0.4, 0.5) is 4.79 Å². The number of unbranched alkanes of at least 4 members (excludes halogenated alkanes) is 3. The summed E-state index contributed by atoms with van der Waals surface area (Å²) in [6.45, 7) is 13.3. The van der Waals surface area contributed by atoms with Crippen LogP contribution in [0.2, 0.25) is 0 Å². The van der Waals surface area contributed by atoms with Crippen LogP contribution in [0, 0.1) is 5.92 Å². The smallest absolute Gasteiger partial charge is 0.408 e. The summed E-state index contributed by atoms with van der Waals surface area (Å²) in [5.41, 5.74) is -0.340. The molecule has 0 fully saturated rings. The molecule has 3 unspecified atom stereocenters. The highest BCUT2D eigenvalue weighted by Gasteiger charge is 2.38. The molecule has 1 aromatic rings. The Morgan fingerprint density at radius 2 is 1.75 bits per heavy atom. The maximum absolute atomic E-state index is 14.2. The van der Waals surface area contributed by atoms with Crippen molar-refractivity contribution in [3.8, 4) is 5.75 Å². The Hall–Kier alpha value is -3.30. The normalized spacial score (nSPS) is 13.5. The van der Waals surface area contributed by atoms with E-state index in [1.807, 2.05) is 13.8 Å². The standard InChI is InChI=1S/C30H49N3O7/c1-8-11-12-13-19-33(28(37)25(21(4)9-2)32-29(38)40-30(5,6)7)26(22-15-14-16-23(34)20-22)27(36)31-18-17-24(35)39-10-3/h14-16,20-21,25-26,34H,8-13,17-19H2,1-7H3,(H,31,36)(H,32,38). The first kappa shape index (κ1) is 34.7. The minimum Gasteiger partial charge on any atom is -0.508 e. The molecule has 0 saturated carbocycles. The van der Waals surface area contributed by atoms with Crippen molar-refractivity contribution >= 4 is 23.9 Å². The second-order valence-electron chi connectivity index (χ2n) is 10.9. The van der Waals surface area contributed by atoms with Gasteiger partial charge in [0.05, 0.1) is 13.0 Å². The first-order valence-electron chi connectivity index (χ1n) is 14.4. The fourth-order valence-electron chi connectivity index (χ4n) is 4.16. The van der Waals surface area contributed by atoms with Crippen molar-refractivity contribution in [2.45, 2.75) is 105 Å². The van der Waals surface area contributed by atoms with Crippen LogP contribution in [0.15, 0.2) is 24.3 Å². The summed E-state index contributed by atoms with van der Waals surface area (Å²) < 4.78 is 10.4. The van der Waals surface area contributed by atoms with Crippen LogP contribution >= 0.6 is 0 Å². The summed E-state index contributed by atoms with van der Waals surface area (Å²) in [6, 6.07) is 4.16. The number of rotatable bonds is 16. The minimum atomic E-state index is -1.10. The highest BCUT2D eigenvalue weighted by atomic mass is 16.6. The fraction of sp³-hybridized carbons (Fsp3) is 0.667. The summed E-state index contributed by atoms with van der Waals surface area (Å²) in [7, 11) is 0. The number of hydrogen-bond donors (Lipinski definition) is 3. The molecular formula is C30H49N3O7. The molecule has 0 aliphatic carbocycles. The third-order valence-corrected chi connectivity index (χ3v) is 6.37. The van der Waals surface area contributed by atoms with Gasteiger partial charge in [0.2, 0.25) is 11.8 Å². The van der Waals surface area contributed by atoms with E-state index in [0.717, 1.165) is 19.3 Å². The van der Waals surface area contributed by atoms with Crippen molar-refractivity contribution in [2.24, 2.45) is 5.92 Å². The van der Waals surface area contributed by atoms with Gasteiger partial charge in [0.1, 0.15) is 23.4 Å². The summed E-state index contributed by atoms with van der Waals surface area (Å²) in [5.74, 6) is -1.67. The van der Waals surface area contributed by atoms with Crippen molar-refractivity contribution in [1.29, 1.82) is 0 Å². The molecule has 0 saturated heterocycles. The van der Waals surface area contributed by atoms with E-state index in [1.165, 1.54) is 17.0 Å². The van der Waals surface area contributed by atoms with Crippen LogP contribution in [0.25, 0.3) is 0 Å². The quantitative estimate of drug-likeness (QED) is 0.193. The zero-order valence-electron chi connectivity index (χ0n) is 25.2. The summed E-state index contributed by atoms with van der Waals surface area (Å²) in [5, 5.41) is 15.7. The van der Waals surface area contributed by atoms with Gasteiger partial charge in [-0.15, -0.1) is 0 Å². The van der Waals surface area contributed by atoms with Gasteiger partial charge in [-0.2, -0.15) is 0 Å². The second kappa shape index (κ2) is 17.4. The Morgan fingerprint density at radius 3 is 2.33 bits per heavy atom. The average molecular weight is 564 g/mol. The van der Waals surface area contributed by atoms with Gasteiger partial charge in [0.15, 0.2) is 0 Å². The second-order valence-corrected chi connectivity index (χ2v) is 10.9.